The fourth-order valence-corrected chi connectivity index (χ4v) is 3.22. The summed E-state index contributed by atoms with van der Waals surface area (Å²) in [5, 5.41) is 14.8. The molecular weight excluding hydrogens is 362 g/mol. The maximum Gasteiger partial charge on any atom is 0.353 e. The minimum Gasteiger partial charge on any atom is -0.462 e. The third kappa shape index (κ3) is 4.54. The number of anilines is 3. The zero-order valence-electron chi connectivity index (χ0n) is 15.8. The van der Waals surface area contributed by atoms with E-state index >= 15 is 0 Å². The molecule has 9 nitrogen and oxygen atoms in total. The highest BCUT2D eigenvalue weighted by Crippen LogP contribution is 2.34. The predicted octanol–water partition coefficient (Wildman–Crippen LogP) is 3.69. The fourth-order valence-electron chi connectivity index (χ4n) is 3.22. The molecule has 0 atom stereocenters. The maximum atomic E-state index is 11.9. The van der Waals surface area contributed by atoms with Gasteiger partial charge in [0.1, 0.15) is 6.33 Å². The summed E-state index contributed by atoms with van der Waals surface area (Å²) in [6, 6.07) is 6.59. The van der Waals surface area contributed by atoms with Crippen molar-refractivity contribution in [2.75, 3.05) is 29.9 Å². The van der Waals surface area contributed by atoms with Gasteiger partial charge in [0.2, 0.25) is 11.6 Å². The summed E-state index contributed by atoms with van der Waals surface area (Å²) in [5.74, 6) is -0.0280. The van der Waals surface area contributed by atoms with Gasteiger partial charge in [0.05, 0.1) is 17.1 Å². The Balaban J connectivity index is 1.92. The molecule has 0 unspecified atom stereocenters. The first-order valence-corrected chi connectivity index (χ1v) is 9.38. The third-order valence-corrected chi connectivity index (χ3v) is 4.53. The minimum atomic E-state index is -0.461. The van der Waals surface area contributed by atoms with E-state index in [0.29, 0.717) is 17.1 Å². The Kier molecular flexibility index (Phi) is 6.36. The van der Waals surface area contributed by atoms with Crippen molar-refractivity contribution < 1.29 is 14.5 Å². The van der Waals surface area contributed by atoms with Crippen LogP contribution >= 0.6 is 0 Å². The van der Waals surface area contributed by atoms with Crippen LogP contribution in [0.25, 0.3) is 0 Å². The van der Waals surface area contributed by atoms with Crippen LogP contribution in [-0.4, -0.2) is 40.6 Å². The van der Waals surface area contributed by atoms with Gasteiger partial charge in [0, 0.05) is 18.8 Å². The molecule has 1 fully saturated rings. The highest BCUT2D eigenvalue weighted by molar-refractivity contribution is 5.91. The summed E-state index contributed by atoms with van der Waals surface area (Å²) >= 11 is 0. The van der Waals surface area contributed by atoms with Gasteiger partial charge in [-0.15, -0.1) is 0 Å². The van der Waals surface area contributed by atoms with E-state index in [-0.39, 0.29) is 18.1 Å². The first-order valence-electron chi connectivity index (χ1n) is 9.38. The highest BCUT2D eigenvalue weighted by atomic mass is 16.6. The summed E-state index contributed by atoms with van der Waals surface area (Å²) in [6.45, 7) is 3.47. The van der Waals surface area contributed by atoms with Crippen molar-refractivity contribution in [2.24, 2.45) is 0 Å². The van der Waals surface area contributed by atoms with Crippen LogP contribution < -0.4 is 10.2 Å². The van der Waals surface area contributed by atoms with E-state index in [0.717, 1.165) is 38.8 Å². The number of esters is 1. The summed E-state index contributed by atoms with van der Waals surface area (Å²) < 4.78 is 5.00. The molecular formula is C19H23N5O4. The van der Waals surface area contributed by atoms with E-state index in [2.05, 4.69) is 15.3 Å². The molecule has 2 heterocycles. The average molecular weight is 385 g/mol. The second-order valence-corrected chi connectivity index (χ2v) is 6.48. The van der Waals surface area contributed by atoms with Crippen molar-refractivity contribution in [1.29, 1.82) is 0 Å². The van der Waals surface area contributed by atoms with Crippen LogP contribution in [0, 0.1) is 10.1 Å². The zero-order chi connectivity index (χ0) is 19.9. The van der Waals surface area contributed by atoms with Crippen LogP contribution in [0.4, 0.5) is 23.0 Å². The molecule has 0 spiro atoms. The monoisotopic (exact) mass is 385 g/mol. The number of carbonyl (C=O) groups excluding carboxylic acids is 1. The number of hydrogen-bond acceptors (Lipinski definition) is 8. The van der Waals surface area contributed by atoms with E-state index < -0.39 is 10.9 Å². The Morgan fingerprint density at radius 3 is 2.68 bits per heavy atom. The molecule has 0 aliphatic carbocycles. The summed E-state index contributed by atoms with van der Waals surface area (Å²) in [5.41, 5.74) is 0.705. The summed E-state index contributed by atoms with van der Waals surface area (Å²) in [4.78, 5) is 33.5. The van der Waals surface area contributed by atoms with Gasteiger partial charge < -0.3 is 15.0 Å². The van der Waals surface area contributed by atoms with Gasteiger partial charge in [-0.1, -0.05) is 18.9 Å². The summed E-state index contributed by atoms with van der Waals surface area (Å²) in [7, 11) is 0. The van der Waals surface area contributed by atoms with Gasteiger partial charge in [-0.25, -0.2) is 14.8 Å². The maximum absolute atomic E-state index is 11.9. The molecule has 0 saturated carbocycles. The average Bonchev–Trinajstić information content (AvgIpc) is 2.97. The SMILES string of the molecule is CCOC(=O)c1cccc(Nc2ncnc(N3CCCCCC3)c2[N+](=O)[O-])c1. The van der Waals surface area contributed by atoms with Crippen LogP contribution in [0.5, 0.6) is 0 Å². The van der Waals surface area contributed by atoms with Gasteiger partial charge in [0.15, 0.2) is 0 Å². The number of nitrogens with one attached hydrogen (secondary N) is 1. The van der Waals surface area contributed by atoms with E-state index in [1.165, 1.54) is 6.33 Å². The Labute approximate surface area is 162 Å². The zero-order valence-corrected chi connectivity index (χ0v) is 15.8. The first kappa shape index (κ1) is 19.5. The van der Waals surface area contributed by atoms with E-state index in [4.69, 9.17) is 4.74 Å². The Hall–Kier alpha value is -3.23. The molecule has 1 saturated heterocycles. The summed E-state index contributed by atoms with van der Waals surface area (Å²) in [6.07, 6.45) is 5.50. The van der Waals surface area contributed by atoms with E-state index in [9.17, 15) is 14.9 Å². The lowest BCUT2D eigenvalue weighted by molar-refractivity contribution is -0.383. The molecule has 1 N–H and O–H groups in total. The van der Waals surface area contributed by atoms with Crippen molar-refractivity contribution in [3.8, 4) is 0 Å². The molecule has 1 aliphatic heterocycles. The molecule has 1 aromatic carbocycles. The number of rotatable bonds is 6. The Morgan fingerprint density at radius 1 is 1.25 bits per heavy atom. The van der Waals surface area contributed by atoms with E-state index in [1.807, 2.05) is 4.90 Å². The van der Waals surface area contributed by atoms with Crippen LogP contribution in [0.15, 0.2) is 30.6 Å². The number of hydrogen-bond donors (Lipinski definition) is 1. The lowest BCUT2D eigenvalue weighted by atomic mass is 10.2. The van der Waals surface area contributed by atoms with Crippen LogP contribution in [0.3, 0.4) is 0 Å². The Bertz CT molecular complexity index is 850. The first-order chi connectivity index (χ1) is 13.6. The quantitative estimate of drug-likeness (QED) is 0.455. The topological polar surface area (TPSA) is 110 Å². The molecule has 9 heteroatoms. The second-order valence-electron chi connectivity index (χ2n) is 6.48. The lowest BCUT2D eigenvalue weighted by Gasteiger charge is -2.21. The van der Waals surface area contributed by atoms with Crippen molar-refractivity contribution in [1.82, 2.24) is 9.97 Å². The van der Waals surface area contributed by atoms with Gasteiger partial charge in [-0.05, 0) is 38.0 Å². The molecule has 2 aromatic rings. The molecule has 148 valence electrons. The van der Waals surface area contributed by atoms with E-state index in [1.54, 1.807) is 31.2 Å². The number of nitrogens with zero attached hydrogens (tertiary/aromatic N) is 4. The number of ether oxygens (including phenoxy) is 1. The molecule has 3 rings (SSSR count). The van der Waals surface area contributed by atoms with Gasteiger partial charge >= 0.3 is 11.7 Å². The van der Waals surface area contributed by atoms with Crippen molar-refractivity contribution in [2.45, 2.75) is 32.6 Å². The minimum absolute atomic E-state index is 0.0975. The number of carbonyl (C=O) groups is 1. The normalized spacial score (nSPS) is 14.2. The molecule has 1 aliphatic rings. The Morgan fingerprint density at radius 2 is 2.00 bits per heavy atom. The lowest BCUT2D eigenvalue weighted by Crippen LogP contribution is -2.26. The largest absolute Gasteiger partial charge is 0.462 e. The van der Waals surface area contributed by atoms with Crippen LogP contribution in [0.2, 0.25) is 0 Å². The van der Waals surface area contributed by atoms with Gasteiger partial charge in [-0.2, -0.15) is 0 Å². The molecule has 0 amide bonds. The van der Waals surface area contributed by atoms with Crippen molar-refractivity contribution in [3.63, 3.8) is 0 Å². The highest BCUT2D eigenvalue weighted by Gasteiger charge is 2.27. The predicted molar refractivity (Wildman–Crippen MR) is 105 cm³/mol. The molecule has 0 bridgehead atoms. The number of nitro groups is 1. The van der Waals surface area contributed by atoms with Crippen molar-refractivity contribution in [3.05, 3.63) is 46.3 Å². The number of aromatic nitrogens is 2. The smallest absolute Gasteiger partial charge is 0.353 e. The van der Waals surface area contributed by atoms with Gasteiger partial charge in [-0.3, -0.25) is 10.1 Å². The number of benzene rings is 1. The van der Waals surface area contributed by atoms with Crippen molar-refractivity contribution >= 4 is 29.0 Å². The molecule has 28 heavy (non-hydrogen) atoms. The molecule has 1 aromatic heterocycles. The second kappa shape index (κ2) is 9.12. The van der Waals surface area contributed by atoms with Crippen LogP contribution in [-0.2, 0) is 4.74 Å². The fraction of sp³-hybridized carbons (Fsp3) is 0.421. The molecule has 0 radical (unpaired) electrons. The van der Waals surface area contributed by atoms with Crippen LogP contribution in [0.1, 0.15) is 43.0 Å². The third-order valence-electron chi connectivity index (χ3n) is 4.53. The van der Waals surface area contributed by atoms with Gasteiger partial charge in [0.25, 0.3) is 0 Å². The standard InChI is InChI=1S/C19H23N5O4/c1-2-28-19(25)14-8-7-9-15(12-14)22-17-16(24(26)27)18(21-13-20-17)23-10-5-3-4-6-11-23/h7-9,12-13H,2-6,10-11H2,1H3,(H,20,21,22).